The minimum atomic E-state index is -0.889. The van der Waals surface area contributed by atoms with Crippen LogP contribution < -0.4 is 5.56 Å². The third-order valence-corrected chi connectivity index (χ3v) is 3.22. The number of carboxylic acids is 1. The highest BCUT2D eigenvalue weighted by Crippen LogP contribution is 2.24. The molecule has 0 radical (unpaired) electrons. The van der Waals surface area contributed by atoms with E-state index < -0.39 is 11.9 Å². The van der Waals surface area contributed by atoms with Crippen LogP contribution in [0.15, 0.2) is 23.0 Å². The largest absolute Gasteiger partial charge is 0.481 e. The van der Waals surface area contributed by atoms with E-state index in [2.05, 4.69) is 4.98 Å². The van der Waals surface area contributed by atoms with Crippen LogP contribution in [0.5, 0.6) is 0 Å². The number of hydrogen-bond donors (Lipinski definition) is 2. The van der Waals surface area contributed by atoms with Crippen molar-refractivity contribution in [2.24, 2.45) is 11.8 Å². The number of likely N-dealkylation sites (tertiary alicyclic amines) is 1. The quantitative estimate of drug-likeness (QED) is 0.782. The van der Waals surface area contributed by atoms with Crippen molar-refractivity contribution in [2.45, 2.75) is 6.92 Å². The topological polar surface area (TPSA) is 90.5 Å². The van der Waals surface area contributed by atoms with Crippen molar-refractivity contribution in [2.75, 3.05) is 13.1 Å². The lowest BCUT2D eigenvalue weighted by Crippen LogP contribution is -2.31. The number of aromatic amines is 1. The second kappa shape index (κ2) is 4.64. The predicted octanol–water partition coefficient (Wildman–Crippen LogP) is 0.168. The van der Waals surface area contributed by atoms with Crippen molar-refractivity contribution >= 4 is 11.9 Å². The van der Waals surface area contributed by atoms with Crippen molar-refractivity contribution in [1.82, 2.24) is 9.88 Å². The fraction of sp³-hybridized carbons (Fsp3) is 0.417. The number of carbonyl (C=O) groups excluding carboxylic acids is 1. The summed E-state index contributed by atoms with van der Waals surface area (Å²) in [7, 11) is 0. The molecule has 6 heteroatoms. The van der Waals surface area contributed by atoms with Crippen molar-refractivity contribution < 1.29 is 14.7 Å². The van der Waals surface area contributed by atoms with Crippen LogP contribution in [0.2, 0.25) is 0 Å². The lowest BCUT2D eigenvalue weighted by Gasteiger charge is -2.15. The molecule has 0 unspecified atom stereocenters. The number of H-pyrrole nitrogens is 1. The van der Waals surface area contributed by atoms with Gasteiger partial charge in [-0.1, -0.05) is 13.0 Å². The third-order valence-electron chi connectivity index (χ3n) is 3.22. The molecule has 0 saturated carbocycles. The van der Waals surface area contributed by atoms with Gasteiger partial charge in [0, 0.05) is 19.2 Å². The summed E-state index contributed by atoms with van der Waals surface area (Å²) in [6, 6.07) is 4.34. The van der Waals surface area contributed by atoms with E-state index in [9.17, 15) is 14.4 Å². The zero-order chi connectivity index (χ0) is 13.3. The van der Waals surface area contributed by atoms with E-state index in [4.69, 9.17) is 5.11 Å². The van der Waals surface area contributed by atoms with Gasteiger partial charge in [0.15, 0.2) is 0 Å². The second-order valence-corrected chi connectivity index (χ2v) is 4.56. The van der Waals surface area contributed by atoms with Gasteiger partial charge in [-0.25, -0.2) is 0 Å². The van der Waals surface area contributed by atoms with E-state index in [0.717, 1.165) is 0 Å². The Morgan fingerprint density at radius 3 is 2.67 bits per heavy atom. The summed E-state index contributed by atoms with van der Waals surface area (Å²) in [6.45, 7) is 2.39. The lowest BCUT2D eigenvalue weighted by molar-refractivity contribution is -0.142. The Balaban J connectivity index is 2.17. The van der Waals surface area contributed by atoms with Crippen LogP contribution in [0.3, 0.4) is 0 Å². The Kier molecular flexibility index (Phi) is 3.18. The monoisotopic (exact) mass is 250 g/mol. The molecule has 0 spiro atoms. The molecule has 6 nitrogen and oxygen atoms in total. The molecule has 1 amide bonds. The number of aliphatic carboxylic acids is 1. The maximum atomic E-state index is 12.1. The molecule has 2 rings (SSSR count). The summed E-state index contributed by atoms with van der Waals surface area (Å²) in [5.74, 6) is -1.84. The van der Waals surface area contributed by atoms with E-state index in [1.807, 2.05) is 0 Å². The molecule has 1 aromatic rings. The van der Waals surface area contributed by atoms with Gasteiger partial charge in [-0.05, 0) is 12.0 Å². The molecule has 0 aliphatic carbocycles. The number of amides is 1. The number of pyridine rings is 1. The van der Waals surface area contributed by atoms with Crippen molar-refractivity contribution in [3.05, 3.63) is 34.2 Å². The van der Waals surface area contributed by atoms with Crippen LogP contribution in [0.4, 0.5) is 0 Å². The number of carboxylic acid groups (broad SMARTS) is 1. The van der Waals surface area contributed by atoms with Crippen LogP contribution in [0.1, 0.15) is 17.4 Å². The molecule has 2 N–H and O–H groups in total. The van der Waals surface area contributed by atoms with Gasteiger partial charge in [-0.2, -0.15) is 0 Å². The minimum absolute atomic E-state index is 0.0816. The molecular weight excluding hydrogens is 236 g/mol. The fourth-order valence-corrected chi connectivity index (χ4v) is 2.20. The fourth-order valence-electron chi connectivity index (χ4n) is 2.20. The van der Waals surface area contributed by atoms with E-state index in [0.29, 0.717) is 6.54 Å². The molecule has 2 heterocycles. The van der Waals surface area contributed by atoms with E-state index in [1.54, 1.807) is 6.92 Å². The summed E-state index contributed by atoms with van der Waals surface area (Å²) in [5.41, 5.74) is -0.149. The summed E-state index contributed by atoms with van der Waals surface area (Å²) >= 11 is 0. The molecule has 0 bridgehead atoms. The Morgan fingerprint density at radius 1 is 1.39 bits per heavy atom. The van der Waals surface area contributed by atoms with Crippen LogP contribution >= 0.6 is 0 Å². The Hall–Kier alpha value is -2.11. The number of rotatable bonds is 2. The number of nitrogens with zero attached hydrogens (tertiary/aromatic N) is 1. The maximum absolute atomic E-state index is 12.1. The maximum Gasteiger partial charge on any atom is 0.308 e. The van der Waals surface area contributed by atoms with Gasteiger partial charge in [0.25, 0.3) is 5.91 Å². The highest BCUT2D eigenvalue weighted by atomic mass is 16.4. The molecule has 2 atom stereocenters. The predicted molar refractivity (Wildman–Crippen MR) is 63.3 cm³/mol. The average molecular weight is 250 g/mol. The number of carbonyl (C=O) groups is 2. The zero-order valence-corrected chi connectivity index (χ0v) is 9.92. The van der Waals surface area contributed by atoms with E-state index >= 15 is 0 Å². The molecular formula is C12H14N2O4. The molecule has 1 saturated heterocycles. The van der Waals surface area contributed by atoms with Crippen LogP contribution in [0.25, 0.3) is 0 Å². The summed E-state index contributed by atoms with van der Waals surface area (Å²) in [4.78, 5) is 38.1. The first-order valence-corrected chi connectivity index (χ1v) is 5.70. The van der Waals surface area contributed by atoms with Crippen molar-refractivity contribution in [3.63, 3.8) is 0 Å². The number of aromatic nitrogens is 1. The number of nitrogens with one attached hydrogen (secondary N) is 1. The first-order valence-electron chi connectivity index (χ1n) is 5.70. The average Bonchev–Trinajstić information content (AvgIpc) is 2.70. The Morgan fingerprint density at radius 2 is 2.11 bits per heavy atom. The van der Waals surface area contributed by atoms with Crippen molar-refractivity contribution in [1.29, 1.82) is 0 Å². The number of hydrogen-bond acceptors (Lipinski definition) is 3. The molecule has 18 heavy (non-hydrogen) atoms. The summed E-state index contributed by atoms with van der Waals surface area (Å²) in [5, 5.41) is 9.00. The van der Waals surface area contributed by atoms with Gasteiger partial charge in [-0.3, -0.25) is 14.4 Å². The zero-order valence-electron chi connectivity index (χ0n) is 9.92. The standard InChI is InChI=1S/C12H14N2O4/c1-7-5-14(6-8(7)12(17)18)11(16)9-3-2-4-10(15)13-9/h2-4,7-8H,5-6H2,1H3,(H,13,15)(H,17,18)/t7-,8-/m1/s1. The second-order valence-electron chi connectivity index (χ2n) is 4.56. The summed E-state index contributed by atoms with van der Waals surface area (Å²) in [6.07, 6.45) is 0. The smallest absolute Gasteiger partial charge is 0.308 e. The van der Waals surface area contributed by atoms with E-state index in [-0.39, 0.29) is 29.6 Å². The molecule has 1 aliphatic heterocycles. The molecule has 1 fully saturated rings. The molecule has 96 valence electrons. The third kappa shape index (κ3) is 2.27. The van der Waals surface area contributed by atoms with Gasteiger partial charge in [-0.15, -0.1) is 0 Å². The Bertz CT molecular complexity index is 537. The van der Waals surface area contributed by atoms with Gasteiger partial charge in [0.05, 0.1) is 5.92 Å². The van der Waals surface area contributed by atoms with Crippen molar-refractivity contribution in [3.8, 4) is 0 Å². The highest BCUT2D eigenvalue weighted by molar-refractivity contribution is 5.92. The van der Waals surface area contributed by atoms with Crippen LogP contribution in [-0.4, -0.2) is 40.0 Å². The first kappa shape index (κ1) is 12.3. The SMILES string of the molecule is C[C@@H]1CN(C(=O)c2cccc(=O)[nH]2)C[C@H]1C(=O)O. The van der Waals surface area contributed by atoms with Crippen LogP contribution in [-0.2, 0) is 4.79 Å². The molecule has 1 aromatic heterocycles. The van der Waals surface area contributed by atoms with E-state index in [1.165, 1.54) is 23.1 Å². The van der Waals surface area contributed by atoms with Crippen LogP contribution in [0, 0.1) is 11.8 Å². The van der Waals surface area contributed by atoms with Gasteiger partial charge in [0.2, 0.25) is 5.56 Å². The summed E-state index contributed by atoms with van der Waals surface area (Å²) < 4.78 is 0. The molecule has 0 aromatic carbocycles. The minimum Gasteiger partial charge on any atom is -0.481 e. The Labute approximate surface area is 103 Å². The lowest BCUT2D eigenvalue weighted by atomic mass is 9.99. The normalized spacial score (nSPS) is 23.1. The highest BCUT2D eigenvalue weighted by Gasteiger charge is 2.37. The van der Waals surface area contributed by atoms with Gasteiger partial charge < -0.3 is 15.0 Å². The van der Waals surface area contributed by atoms with Gasteiger partial charge >= 0.3 is 5.97 Å². The van der Waals surface area contributed by atoms with Gasteiger partial charge in [0.1, 0.15) is 5.69 Å². The molecule has 1 aliphatic rings. The first-order chi connectivity index (χ1) is 8.49.